The van der Waals surface area contributed by atoms with Crippen LogP contribution in [0.5, 0.6) is 0 Å². The second-order valence-electron chi connectivity index (χ2n) is 4.57. The van der Waals surface area contributed by atoms with Gasteiger partial charge in [0.1, 0.15) is 0 Å². The number of hydrogen-bond donors (Lipinski definition) is 2. The van der Waals surface area contributed by atoms with E-state index >= 15 is 0 Å². The zero-order chi connectivity index (χ0) is 16.5. The standard InChI is InChI=1S/C13H12ClF3N4S/c1-7-11(6-21(2)20-7)19-12(22)18-8-3-4-10(14)9(5-8)13(15,16)17/h3-6H,1-2H3,(H2,18,19,22). The van der Waals surface area contributed by atoms with Crippen molar-refractivity contribution in [2.24, 2.45) is 7.05 Å². The van der Waals surface area contributed by atoms with E-state index in [0.717, 1.165) is 11.8 Å². The van der Waals surface area contributed by atoms with Gasteiger partial charge in [0.15, 0.2) is 5.11 Å². The van der Waals surface area contributed by atoms with Gasteiger partial charge in [-0.25, -0.2) is 0 Å². The molecule has 118 valence electrons. The van der Waals surface area contributed by atoms with Crippen molar-refractivity contribution in [2.45, 2.75) is 13.1 Å². The van der Waals surface area contributed by atoms with Crippen molar-refractivity contribution in [1.29, 1.82) is 0 Å². The number of thiocarbonyl (C=S) groups is 1. The summed E-state index contributed by atoms with van der Waals surface area (Å²) in [5, 5.41) is 9.49. The first-order valence-electron chi connectivity index (χ1n) is 6.12. The number of aromatic nitrogens is 2. The largest absolute Gasteiger partial charge is 0.417 e. The summed E-state index contributed by atoms with van der Waals surface area (Å²) in [6.07, 6.45) is -2.81. The van der Waals surface area contributed by atoms with E-state index in [1.165, 1.54) is 12.1 Å². The molecule has 0 spiro atoms. The second-order valence-corrected chi connectivity index (χ2v) is 5.39. The van der Waals surface area contributed by atoms with Gasteiger partial charge in [-0.3, -0.25) is 4.68 Å². The number of nitrogens with zero attached hydrogens (tertiary/aromatic N) is 2. The number of nitrogens with one attached hydrogen (secondary N) is 2. The van der Waals surface area contributed by atoms with Gasteiger partial charge in [-0.15, -0.1) is 0 Å². The highest BCUT2D eigenvalue weighted by Gasteiger charge is 2.33. The molecule has 0 unspecified atom stereocenters. The third kappa shape index (κ3) is 3.89. The summed E-state index contributed by atoms with van der Waals surface area (Å²) in [5.74, 6) is 0. The number of alkyl halides is 3. The van der Waals surface area contributed by atoms with Gasteiger partial charge in [-0.1, -0.05) is 11.6 Å². The molecule has 22 heavy (non-hydrogen) atoms. The van der Waals surface area contributed by atoms with Crippen molar-refractivity contribution < 1.29 is 13.2 Å². The minimum absolute atomic E-state index is 0.159. The lowest BCUT2D eigenvalue weighted by Gasteiger charge is -2.13. The lowest BCUT2D eigenvalue weighted by Crippen LogP contribution is -2.19. The normalized spacial score (nSPS) is 11.4. The third-order valence-electron chi connectivity index (χ3n) is 2.79. The molecule has 1 aromatic carbocycles. The zero-order valence-electron chi connectivity index (χ0n) is 11.6. The molecule has 0 saturated heterocycles. The number of rotatable bonds is 2. The van der Waals surface area contributed by atoms with Crippen molar-refractivity contribution in [2.75, 3.05) is 10.6 Å². The van der Waals surface area contributed by atoms with Gasteiger partial charge < -0.3 is 10.6 Å². The Labute approximate surface area is 135 Å². The van der Waals surface area contributed by atoms with Crippen LogP contribution in [-0.2, 0) is 13.2 Å². The molecule has 2 N–H and O–H groups in total. The molecule has 0 radical (unpaired) electrons. The Bertz CT molecular complexity index is 712. The Morgan fingerprint density at radius 2 is 2.00 bits per heavy atom. The average molecular weight is 349 g/mol. The predicted molar refractivity (Wildman–Crippen MR) is 84.2 cm³/mol. The molecule has 0 aliphatic rings. The molecular formula is C13H12ClF3N4S. The summed E-state index contributed by atoms with van der Waals surface area (Å²) in [4.78, 5) is 0. The number of aryl methyl sites for hydroxylation is 2. The number of halogens is 4. The quantitative estimate of drug-likeness (QED) is 0.798. The number of hydrogen-bond acceptors (Lipinski definition) is 2. The van der Waals surface area contributed by atoms with Crippen LogP contribution in [0.4, 0.5) is 24.5 Å². The zero-order valence-corrected chi connectivity index (χ0v) is 13.2. The van der Waals surface area contributed by atoms with Crippen molar-refractivity contribution >= 4 is 40.3 Å². The third-order valence-corrected chi connectivity index (χ3v) is 3.32. The predicted octanol–water partition coefficient (Wildman–Crippen LogP) is 4.21. The van der Waals surface area contributed by atoms with Gasteiger partial charge in [0.25, 0.3) is 0 Å². The number of anilines is 2. The van der Waals surface area contributed by atoms with Crippen LogP contribution in [0.3, 0.4) is 0 Å². The molecular weight excluding hydrogens is 337 g/mol. The van der Waals surface area contributed by atoms with Gasteiger partial charge >= 0.3 is 6.18 Å². The van der Waals surface area contributed by atoms with Gasteiger partial charge in [-0.2, -0.15) is 18.3 Å². The number of benzene rings is 1. The molecule has 0 aliphatic heterocycles. The highest BCUT2D eigenvalue weighted by molar-refractivity contribution is 7.80. The lowest BCUT2D eigenvalue weighted by molar-refractivity contribution is -0.137. The molecule has 0 atom stereocenters. The molecule has 4 nitrogen and oxygen atoms in total. The summed E-state index contributed by atoms with van der Waals surface area (Å²) in [6.45, 7) is 1.79. The van der Waals surface area contributed by atoms with E-state index in [-0.39, 0.29) is 15.8 Å². The van der Waals surface area contributed by atoms with Crippen molar-refractivity contribution in [3.8, 4) is 0 Å². The summed E-state index contributed by atoms with van der Waals surface area (Å²) >= 11 is 10.6. The van der Waals surface area contributed by atoms with Crippen molar-refractivity contribution in [3.05, 3.63) is 40.7 Å². The fourth-order valence-electron chi connectivity index (χ4n) is 1.83. The van der Waals surface area contributed by atoms with Crippen LogP contribution in [0.15, 0.2) is 24.4 Å². The molecule has 0 aliphatic carbocycles. The smallest absolute Gasteiger partial charge is 0.332 e. The molecule has 1 aromatic heterocycles. The first kappa shape index (κ1) is 16.6. The molecule has 0 saturated carbocycles. The maximum atomic E-state index is 12.8. The van der Waals surface area contributed by atoms with E-state index in [1.54, 1.807) is 24.9 Å². The monoisotopic (exact) mass is 348 g/mol. The molecule has 0 bridgehead atoms. The molecule has 2 rings (SSSR count). The van der Waals surface area contributed by atoms with E-state index in [2.05, 4.69) is 15.7 Å². The fourth-order valence-corrected chi connectivity index (χ4v) is 2.28. The van der Waals surface area contributed by atoms with Crippen LogP contribution in [0.1, 0.15) is 11.3 Å². The van der Waals surface area contributed by atoms with E-state index in [0.29, 0.717) is 5.69 Å². The van der Waals surface area contributed by atoms with Crippen molar-refractivity contribution in [3.63, 3.8) is 0 Å². The van der Waals surface area contributed by atoms with Crippen molar-refractivity contribution in [1.82, 2.24) is 9.78 Å². The Kier molecular flexibility index (Phi) is 4.62. The first-order chi connectivity index (χ1) is 10.2. The maximum absolute atomic E-state index is 12.8. The minimum Gasteiger partial charge on any atom is -0.332 e. The fraction of sp³-hybridized carbons (Fsp3) is 0.231. The van der Waals surface area contributed by atoms with E-state index < -0.39 is 11.7 Å². The Morgan fingerprint density at radius 1 is 1.32 bits per heavy atom. The minimum atomic E-state index is -4.52. The molecule has 1 heterocycles. The maximum Gasteiger partial charge on any atom is 0.417 e. The molecule has 9 heteroatoms. The van der Waals surface area contributed by atoms with Crippen LogP contribution in [-0.4, -0.2) is 14.9 Å². The Balaban J connectivity index is 2.14. The van der Waals surface area contributed by atoms with Crippen LogP contribution >= 0.6 is 23.8 Å². The highest BCUT2D eigenvalue weighted by Crippen LogP contribution is 2.36. The molecule has 2 aromatic rings. The Morgan fingerprint density at radius 3 is 2.55 bits per heavy atom. The van der Waals surface area contributed by atoms with Gasteiger partial charge in [0.2, 0.25) is 0 Å². The average Bonchev–Trinajstić information content (AvgIpc) is 2.68. The van der Waals surface area contributed by atoms with Gasteiger partial charge in [0.05, 0.1) is 22.0 Å². The van der Waals surface area contributed by atoms with E-state index in [4.69, 9.17) is 23.8 Å². The first-order valence-corrected chi connectivity index (χ1v) is 6.90. The van der Waals surface area contributed by atoms with Crippen LogP contribution in [0, 0.1) is 6.92 Å². The SMILES string of the molecule is Cc1nn(C)cc1NC(=S)Nc1ccc(Cl)c(C(F)(F)F)c1. The van der Waals surface area contributed by atoms with Gasteiger partial charge in [0, 0.05) is 18.9 Å². The van der Waals surface area contributed by atoms with E-state index in [9.17, 15) is 13.2 Å². The lowest BCUT2D eigenvalue weighted by atomic mass is 10.2. The highest BCUT2D eigenvalue weighted by atomic mass is 35.5. The summed E-state index contributed by atoms with van der Waals surface area (Å²) in [6, 6.07) is 3.50. The summed E-state index contributed by atoms with van der Waals surface area (Å²) in [5.41, 5.74) is 0.666. The summed E-state index contributed by atoms with van der Waals surface area (Å²) < 4.78 is 40.0. The summed E-state index contributed by atoms with van der Waals surface area (Å²) in [7, 11) is 1.75. The second kappa shape index (κ2) is 6.13. The topological polar surface area (TPSA) is 41.9 Å². The van der Waals surface area contributed by atoms with Crippen LogP contribution in [0.2, 0.25) is 5.02 Å². The molecule has 0 fully saturated rings. The van der Waals surface area contributed by atoms with Gasteiger partial charge in [-0.05, 0) is 37.3 Å². The van der Waals surface area contributed by atoms with Crippen LogP contribution < -0.4 is 10.6 Å². The van der Waals surface area contributed by atoms with Crippen LogP contribution in [0.25, 0.3) is 0 Å². The molecule has 0 amide bonds. The van der Waals surface area contributed by atoms with E-state index in [1.807, 2.05) is 0 Å². The Hall–Kier alpha value is -1.80.